The summed E-state index contributed by atoms with van der Waals surface area (Å²) in [5, 5.41) is 11.7. The highest BCUT2D eigenvalue weighted by Gasteiger charge is 2.16. The van der Waals surface area contributed by atoms with Gasteiger partial charge in [-0.15, -0.1) is 10.2 Å². The third-order valence-corrected chi connectivity index (χ3v) is 4.11. The molecule has 0 aromatic carbocycles. The Balaban J connectivity index is 1.49. The van der Waals surface area contributed by atoms with Crippen molar-refractivity contribution in [3.05, 3.63) is 24.4 Å². The summed E-state index contributed by atoms with van der Waals surface area (Å²) in [6.07, 6.45) is 4.18. The van der Waals surface area contributed by atoms with E-state index in [1.807, 2.05) is 28.8 Å². The standard InChI is InChI=1S/C13H16N4O2S/c18-12(14-8-10-4-3-7-19-10)9-20-13-16-15-11-5-1-2-6-17(11)13/h1-2,5-6,10H,3-4,7-9H2,(H,14,18)/t10-/m1/s1. The van der Waals surface area contributed by atoms with Gasteiger partial charge in [-0.2, -0.15) is 0 Å². The molecule has 2 aromatic heterocycles. The highest BCUT2D eigenvalue weighted by molar-refractivity contribution is 7.99. The summed E-state index contributed by atoms with van der Waals surface area (Å²) < 4.78 is 7.34. The van der Waals surface area contributed by atoms with Gasteiger partial charge in [-0.05, 0) is 25.0 Å². The lowest BCUT2D eigenvalue weighted by molar-refractivity contribution is -0.119. The summed E-state index contributed by atoms with van der Waals surface area (Å²) >= 11 is 1.38. The van der Waals surface area contributed by atoms with Crippen LogP contribution in [-0.2, 0) is 9.53 Å². The second-order valence-electron chi connectivity index (χ2n) is 4.64. The minimum Gasteiger partial charge on any atom is -0.376 e. The molecule has 1 fully saturated rings. The van der Waals surface area contributed by atoms with Gasteiger partial charge in [0.15, 0.2) is 10.8 Å². The molecule has 3 rings (SSSR count). The van der Waals surface area contributed by atoms with Crippen molar-refractivity contribution >= 4 is 23.3 Å². The molecule has 6 nitrogen and oxygen atoms in total. The Labute approximate surface area is 120 Å². The number of fused-ring (bicyclic) bond motifs is 1. The van der Waals surface area contributed by atoms with E-state index >= 15 is 0 Å². The zero-order valence-electron chi connectivity index (χ0n) is 11.0. The van der Waals surface area contributed by atoms with Crippen LogP contribution in [0.3, 0.4) is 0 Å². The Bertz CT molecular complexity index is 595. The van der Waals surface area contributed by atoms with Crippen LogP contribution in [0, 0.1) is 0 Å². The zero-order chi connectivity index (χ0) is 13.8. The van der Waals surface area contributed by atoms with Crippen LogP contribution in [0.1, 0.15) is 12.8 Å². The average molecular weight is 292 g/mol. The topological polar surface area (TPSA) is 68.5 Å². The summed E-state index contributed by atoms with van der Waals surface area (Å²) in [5.74, 6) is 0.334. The average Bonchev–Trinajstić information content (AvgIpc) is 3.12. The van der Waals surface area contributed by atoms with Crippen molar-refractivity contribution in [1.82, 2.24) is 19.9 Å². The Morgan fingerprint density at radius 2 is 2.45 bits per heavy atom. The number of hydrogen-bond acceptors (Lipinski definition) is 5. The molecule has 2 aromatic rings. The molecule has 1 amide bonds. The molecule has 1 saturated heterocycles. The second kappa shape index (κ2) is 6.23. The van der Waals surface area contributed by atoms with Gasteiger partial charge < -0.3 is 10.1 Å². The van der Waals surface area contributed by atoms with Gasteiger partial charge >= 0.3 is 0 Å². The molecule has 1 aliphatic rings. The number of carbonyl (C=O) groups excluding carboxylic acids is 1. The summed E-state index contributed by atoms with van der Waals surface area (Å²) in [4.78, 5) is 11.8. The fourth-order valence-corrected chi connectivity index (χ4v) is 2.89. The molecule has 0 saturated carbocycles. The van der Waals surface area contributed by atoms with E-state index < -0.39 is 0 Å². The molecule has 3 heterocycles. The van der Waals surface area contributed by atoms with Gasteiger partial charge in [-0.25, -0.2) is 0 Å². The number of amides is 1. The summed E-state index contributed by atoms with van der Waals surface area (Å²) in [6, 6.07) is 5.71. The zero-order valence-corrected chi connectivity index (χ0v) is 11.8. The van der Waals surface area contributed by atoms with Crippen molar-refractivity contribution in [3.8, 4) is 0 Å². The van der Waals surface area contributed by atoms with E-state index in [2.05, 4.69) is 15.5 Å². The van der Waals surface area contributed by atoms with Crippen LogP contribution in [0.25, 0.3) is 5.65 Å². The first-order valence-electron chi connectivity index (χ1n) is 6.64. The first-order valence-corrected chi connectivity index (χ1v) is 7.62. The maximum atomic E-state index is 11.8. The maximum Gasteiger partial charge on any atom is 0.230 e. The lowest BCUT2D eigenvalue weighted by atomic mass is 10.2. The summed E-state index contributed by atoms with van der Waals surface area (Å²) in [5.41, 5.74) is 0.787. The molecule has 1 N–H and O–H groups in total. The summed E-state index contributed by atoms with van der Waals surface area (Å²) in [7, 11) is 0. The molecule has 0 aliphatic carbocycles. The number of hydrogen-bond donors (Lipinski definition) is 1. The van der Waals surface area contributed by atoms with Crippen molar-refractivity contribution in [2.45, 2.75) is 24.1 Å². The Hall–Kier alpha value is -1.60. The number of aromatic nitrogens is 3. The highest BCUT2D eigenvalue weighted by atomic mass is 32.2. The van der Waals surface area contributed by atoms with Crippen LogP contribution in [-0.4, -0.2) is 45.5 Å². The highest BCUT2D eigenvalue weighted by Crippen LogP contribution is 2.16. The van der Waals surface area contributed by atoms with Crippen LogP contribution >= 0.6 is 11.8 Å². The number of nitrogens with zero attached hydrogens (tertiary/aromatic N) is 3. The molecule has 1 atom stereocenters. The largest absolute Gasteiger partial charge is 0.376 e. The molecular weight excluding hydrogens is 276 g/mol. The minimum atomic E-state index is -0.00168. The van der Waals surface area contributed by atoms with Crippen LogP contribution in [0.2, 0.25) is 0 Å². The van der Waals surface area contributed by atoms with Crippen molar-refractivity contribution < 1.29 is 9.53 Å². The molecular formula is C13H16N4O2S. The van der Waals surface area contributed by atoms with Crippen LogP contribution in [0.4, 0.5) is 0 Å². The normalized spacial score (nSPS) is 18.5. The number of carbonyl (C=O) groups is 1. The number of nitrogens with one attached hydrogen (secondary N) is 1. The Morgan fingerprint density at radius 3 is 3.30 bits per heavy atom. The van der Waals surface area contributed by atoms with E-state index in [4.69, 9.17) is 4.74 Å². The van der Waals surface area contributed by atoms with E-state index in [0.717, 1.165) is 30.3 Å². The Kier molecular flexibility index (Phi) is 4.17. The first-order chi connectivity index (χ1) is 9.83. The lowest BCUT2D eigenvalue weighted by Gasteiger charge is -2.10. The molecule has 20 heavy (non-hydrogen) atoms. The minimum absolute atomic E-state index is 0.00168. The predicted molar refractivity (Wildman–Crippen MR) is 75.7 cm³/mol. The smallest absolute Gasteiger partial charge is 0.230 e. The second-order valence-corrected chi connectivity index (χ2v) is 5.58. The van der Waals surface area contributed by atoms with Gasteiger partial charge in [0.25, 0.3) is 0 Å². The van der Waals surface area contributed by atoms with E-state index in [1.54, 1.807) is 0 Å². The summed E-state index contributed by atoms with van der Waals surface area (Å²) in [6.45, 7) is 1.40. The Morgan fingerprint density at radius 1 is 1.50 bits per heavy atom. The third-order valence-electron chi connectivity index (χ3n) is 3.17. The van der Waals surface area contributed by atoms with E-state index in [9.17, 15) is 4.79 Å². The van der Waals surface area contributed by atoms with Crippen LogP contribution in [0.5, 0.6) is 0 Å². The molecule has 7 heteroatoms. The molecule has 106 valence electrons. The SMILES string of the molecule is O=C(CSc1nnc2ccccn12)NC[C@H]1CCCO1. The van der Waals surface area contributed by atoms with Crippen molar-refractivity contribution in [2.24, 2.45) is 0 Å². The van der Waals surface area contributed by atoms with Gasteiger partial charge in [0.05, 0.1) is 11.9 Å². The molecule has 1 aliphatic heterocycles. The number of rotatable bonds is 5. The monoisotopic (exact) mass is 292 g/mol. The molecule has 0 unspecified atom stereocenters. The van der Waals surface area contributed by atoms with Gasteiger partial charge in [0.2, 0.25) is 5.91 Å². The maximum absolute atomic E-state index is 11.8. The number of ether oxygens (including phenoxy) is 1. The number of pyridine rings is 1. The van der Waals surface area contributed by atoms with Crippen molar-refractivity contribution in [1.29, 1.82) is 0 Å². The third kappa shape index (κ3) is 3.10. The van der Waals surface area contributed by atoms with Gasteiger partial charge in [-0.1, -0.05) is 17.8 Å². The molecule has 0 spiro atoms. The van der Waals surface area contributed by atoms with Gasteiger partial charge in [0.1, 0.15) is 0 Å². The van der Waals surface area contributed by atoms with Crippen molar-refractivity contribution in [2.75, 3.05) is 18.9 Å². The van der Waals surface area contributed by atoms with Crippen LogP contribution < -0.4 is 5.32 Å². The quantitative estimate of drug-likeness (QED) is 0.836. The molecule has 0 bridgehead atoms. The fraction of sp³-hybridized carbons (Fsp3) is 0.462. The van der Waals surface area contributed by atoms with E-state index in [0.29, 0.717) is 12.3 Å². The van der Waals surface area contributed by atoms with Gasteiger partial charge in [0, 0.05) is 19.3 Å². The van der Waals surface area contributed by atoms with Crippen LogP contribution in [0.15, 0.2) is 29.6 Å². The van der Waals surface area contributed by atoms with Gasteiger partial charge in [-0.3, -0.25) is 9.20 Å². The lowest BCUT2D eigenvalue weighted by Crippen LogP contribution is -2.32. The van der Waals surface area contributed by atoms with E-state index in [1.165, 1.54) is 11.8 Å². The van der Waals surface area contributed by atoms with Crippen molar-refractivity contribution in [3.63, 3.8) is 0 Å². The molecule has 0 radical (unpaired) electrons. The fourth-order valence-electron chi connectivity index (χ4n) is 2.13. The first kappa shape index (κ1) is 13.4. The van der Waals surface area contributed by atoms with E-state index in [-0.39, 0.29) is 12.0 Å². The predicted octanol–water partition coefficient (Wildman–Crippen LogP) is 1.12. The number of thioether (sulfide) groups is 1.